The Morgan fingerprint density at radius 2 is 1.91 bits per heavy atom. The third-order valence-electron chi connectivity index (χ3n) is 3.31. The minimum absolute atomic E-state index is 0.172. The fraction of sp³-hybridized carbons (Fsp3) is 0.250. The Bertz CT molecular complexity index is 610. The molecule has 1 heterocycles. The number of quaternary nitrogens is 1. The maximum absolute atomic E-state index is 12.0. The topological polar surface area (TPSA) is 85.1 Å². The number of nitrogens with two attached hydrogens (primary N) is 1. The number of carbonyl (C=O) groups is 2. The van der Waals surface area contributed by atoms with Crippen LogP contribution in [0.25, 0.3) is 0 Å². The zero-order valence-corrected chi connectivity index (χ0v) is 12.5. The van der Waals surface area contributed by atoms with E-state index in [-0.39, 0.29) is 6.04 Å². The summed E-state index contributed by atoms with van der Waals surface area (Å²) in [5, 5.41) is 4.01. The molecule has 6 nitrogen and oxygen atoms in total. The van der Waals surface area contributed by atoms with Crippen molar-refractivity contribution in [3.63, 3.8) is 0 Å². The van der Waals surface area contributed by atoms with Crippen molar-refractivity contribution in [3.8, 4) is 0 Å². The predicted octanol–water partition coefficient (Wildman–Crippen LogP) is 1.20. The van der Waals surface area contributed by atoms with E-state index < -0.39 is 18.0 Å². The number of ether oxygens (including phenoxy) is 1. The van der Waals surface area contributed by atoms with E-state index in [1.165, 1.54) is 7.11 Å². The highest BCUT2D eigenvalue weighted by Gasteiger charge is 2.27. The SMILES string of the molecule is COC(=O)NC(=O)[C@H](C)[NH2+][C@@H](c1ccccc1)c1ccco1. The smallest absolute Gasteiger partial charge is 0.413 e. The monoisotopic (exact) mass is 303 g/mol. The molecule has 1 aromatic carbocycles. The molecule has 1 aromatic heterocycles. The van der Waals surface area contributed by atoms with Gasteiger partial charge in [0.05, 0.1) is 13.4 Å². The Balaban J connectivity index is 2.14. The van der Waals surface area contributed by atoms with E-state index in [9.17, 15) is 9.59 Å². The first kappa shape index (κ1) is 15.8. The molecule has 22 heavy (non-hydrogen) atoms. The van der Waals surface area contributed by atoms with E-state index in [0.29, 0.717) is 0 Å². The average Bonchev–Trinajstić information content (AvgIpc) is 3.07. The molecule has 0 radical (unpaired) electrons. The Kier molecular flexibility index (Phi) is 5.32. The first-order chi connectivity index (χ1) is 10.6. The molecular weight excluding hydrogens is 284 g/mol. The van der Waals surface area contributed by atoms with Gasteiger partial charge >= 0.3 is 6.09 Å². The maximum atomic E-state index is 12.0. The standard InChI is InChI=1S/C16H18N2O4/c1-11(15(19)18-16(20)21-2)17-14(13-9-6-10-22-13)12-7-4-3-5-8-12/h3-11,14,17H,1-2H3,(H,18,19,20)/p+1/t11-,14-/m0/s1. The first-order valence-electron chi connectivity index (χ1n) is 6.94. The van der Waals surface area contributed by atoms with Crippen LogP contribution in [0, 0.1) is 0 Å². The Morgan fingerprint density at radius 1 is 1.18 bits per heavy atom. The number of alkyl carbamates (subject to hydrolysis) is 1. The molecule has 0 fully saturated rings. The number of nitrogens with one attached hydrogen (secondary N) is 1. The Hall–Kier alpha value is -2.60. The lowest BCUT2D eigenvalue weighted by Crippen LogP contribution is -2.92. The largest absolute Gasteiger partial charge is 0.463 e. The van der Waals surface area contributed by atoms with E-state index in [0.717, 1.165) is 11.3 Å². The van der Waals surface area contributed by atoms with Crippen LogP contribution in [0.1, 0.15) is 24.3 Å². The number of methoxy groups -OCH3 is 1. The summed E-state index contributed by atoms with van der Waals surface area (Å²) in [7, 11) is 1.21. The number of hydrogen-bond donors (Lipinski definition) is 2. The molecule has 0 spiro atoms. The molecule has 0 saturated carbocycles. The van der Waals surface area contributed by atoms with Crippen LogP contribution in [-0.2, 0) is 9.53 Å². The molecule has 0 aliphatic carbocycles. The van der Waals surface area contributed by atoms with Gasteiger partial charge in [0.25, 0.3) is 5.91 Å². The highest BCUT2D eigenvalue weighted by Crippen LogP contribution is 2.18. The zero-order chi connectivity index (χ0) is 15.9. The van der Waals surface area contributed by atoms with Crippen molar-refractivity contribution in [1.82, 2.24) is 5.32 Å². The van der Waals surface area contributed by atoms with E-state index in [1.807, 2.05) is 41.7 Å². The molecule has 0 saturated heterocycles. The van der Waals surface area contributed by atoms with Crippen molar-refractivity contribution in [3.05, 3.63) is 60.1 Å². The third kappa shape index (κ3) is 3.95. The van der Waals surface area contributed by atoms with Gasteiger partial charge in [0.1, 0.15) is 0 Å². The Labute approximate surface area is 128 Å². The molecule has 3 N–H and O–H groups in total. The predicted molar refractivity (Wildman–Crippen MR) is 78.9 cm³/mol. The quantitative estimate of drug-likeness (QED) is 0.869. The summed E-state index contributed by atoms with van der Waals surface area (Å²) < 4.78 is 9.91. The highest BCUT2D eigenvalue weighted by atomic mass is 16.5. The van der Waals surface area contributed by atoms with Gasteiger partial charge in [-0.2, -0.15) is 0 Å². The lowest BCUT2D eigenvalue weighted by Gasteiger charge is -2.18. The van der Waals surface area contributed by atoms with Gasteiger partial charge in [0.2, 0.25) is 0 Å². The van der Waals surface area contributed by atoms with E-state index in [4.69, 9.17) is 4.42 Å². The number of imide groups is 1. The van der Waals surface area contributed by atoms with Crippen LogP contribution in [0.4, 0.5) is 4.79 Å². The van der Waals surface area contributed by atoms with Crippen LogP contribution in [0.15, 0.2) is 53.1 Å². The summed E-state index contributed by atoms with van der Waals surface area (Å²) >= 11 is 0. The normalized spacial score (nSPS) is 13.2. The van der Waals surface area contributed by atoms with Crippen molar-refractivity contribution in [2.75, 3.05) is 7.11 Å². The number of rotatable bonds is 5. The molecular formula is C16H19N2O4+. The van der Waals surface area contributed by atoms with E-state index >= 15 is 0 Å². The Morgan fingerprint density at radius 3 is 2.50 bits per heavy atom. The zero-order valence-electron chi connectivity index (χ0n) is 12.5. The molecule has 2 atom stereocenters. The van der Waals surface area contributed by atoms with Crippen LogP contribution >= 0.6 is 0 Å². The lowest BCUT2D eigenvalue weighted by molar-refractivity contribution is -0.706. The number of carbonyl (C=O) groups excluding carboxylic acids is 2. The average molecular weight is 303 g/mol. The minimum atomic E-state index is -0.764. The molecule has 116 valence electrons. The van der Waals surface area contributed by atoms with Crippen LogP contribution < -0.4 is 10.6 Å². The van der Waals surface area contributed by atoms with Crippen molar-refractivity contribution in [1.29, 1.82) is 0 Å². The molecule has 0 aliphatic heterocycles. The summed E-state index contributed by atoms with van der Waals surface area (Å²) in [6.07, 6.45) is 0.831. The van der Waals surface area contributed by atoms with Gasteiger partial charge in [-0.3, -0.25) is 10.1 Å². The van der Waals surface area contributed by atoms with E-state index in [2.05, 4.69) is 10.1 Å². The van der Waals surface area contributed by atoms with Crippen molar-refractivity contribution in [2.24, 2.45) is 0 Å². The number of furan rings is 1. The van der Waals surface area contributed by atoms with Crippen LogP contribution in [0.2, 0.25) is 0 Å². The van der Waals surface area contributed by atoms with Crippen molar-refractivity contribution >= 4 is 12.0 Å². The van der Waals surface area contributed by atoms with Gasteiger partial charge in [-0.25, -0.2) is 4.79 Å². The molecule has 0 unspecified atom stereocenters. The molecule has 0 bridgehead atoms. The third-order valence-corrected chi connectivity index (χ3v) is 3.31. The summed E-state index contributed by atoms with van der Waals surface area (Å²) in [4.78, 5) is 23.1. The number of amides is 2. The van der Waals surface area contributed by atoms with Gasteiger partial charge < -0.3 is 14.5 Å². The van der Waals surface area contributed by atoms with E-state index in [1.54, 1.807) is 19.3 Å². The molecule has 0 aliphatic rings. The van der Waals surface area contributed by atoms with Crippen molar-refractivity contribution in [2.45, 2.75) is 19.0 Å². The number of benzene rings is 1. The summed E-state index contributed by atoms with van der Waals surface area (Å²) in [6.45, 7) is 1.72. The summed E-state index contributed by atoms with van der Waals surface area (Å²) in [5.41, 5.74) is 1.01. The van der Waals surface area contributed by atoms with Gasteiger partial charge in [0.15, 0.2) is 17.8 Å². The molecule has 2 aromatic rings. The number of hydrogen-bond acceptors (Lipinski definition) is 4. The van der Waals surface area contributed by atoms with Gasteiger partial charge in [-0.15, -0.1) is 0 Å². The first-order valence-corrected chi connectivity index (χ1v) is 6.94. The van der Waals surface area contributed by atoms with Crippen LogP contribution in [-0.4, -0.2) is 25.2 Å². The van der Waals surface area contributed by atoms with Crippen molar-refractivity contribution < 1.29 is 24.1 Å². The lowest BCUT2D eigenvalue weighted by atomic mass is 10.0. The van der Waals surface area contributed by atoms with Crippen LogP contribution in [0.5, 0.6) is 0 Å². The molecule has 6 heteroatoms. The minimum Gasteiger partial charge on any atom is -0.463 e. The van der Waals surface area contributed by atoms with Gasteiger partial charge in [0, 0.05) is 5.56 Å². The molecule has 2 rings (SSSR count). The second kappa shape index (κ2) is 7.42. The second-order valence-electron chi connectivity index (χ2n) is 4.87. The van der Waals surface area contributed by atoms with Gasteiger partial charge in [-0.1, -0.05) is 30.3 Å². The fourth-order valence-corrected chi connectivity index (χ4v) is 2.14. The van der Waals surface area contributed by atoms with Gasteiger partial charge in [-0.05, 0) is 19.1 Å². The molecule has 2 amide bonds. The fourth-order valence-electron chi connectivity index (χ4n) is 2.14. The maximum Gasteiger partial charge on any atom is 0.413 e. The summed E-state index contributed by atoms with van der Waals surface area (Å²) in [6, 6.07) is 12.7. The van der Waals surface area contributed by atoms with Crippen LogP contribution in [0.3, 0.4) is 0 Å². The summed E-state index contributed by atoms with van der Waals surface area (Å²) in [5.74, 6) is 0.322. The highest BCUT2D eigenvalue weighted by molar-refractivity contribution is 5.93. The second-order valence-corrected chi connectivity index (χ2v) is 4.87.